The fraction of sp³-hybridized carbons (Fsp3) is 0.611. The van der Waals surface area contributed by atoms with Crippen molar-refractivity contribution in [3.63, 3.8) is 0 Å². The molecule has 21 heavy (non-hydrogen) atoms. The quantitative estimate of drug-likeness (QED) is 0.868. The van der Waals surface area contributed by atoms with Gasteiger partial charge in [-0.15, -0.1) is 0 Å². The maximum atomic E-state index is 10.5. The lowest BCUT2D eigenvalue weighted by Gasteiger charge is -2.24. The number of aliphatic imine (C=N–C) groups is 1. The molecule has 0 atom stereocenters. The molecule has 0 saturated heterocycles. The van der Waals surface area contributed by atoms with Crippen LogP contribution in [0.4, 0.5) is 0 Å². The molecule has 2 N–H and O–H groups in total. The summed E-state index contributed by atoms with van der Waals surface area (Å²) in [6, 6.07) is 2.12. The van der Waals surface area contributed by atoms with Crippen LogP contribution in [-0.4, -0.2) is 24.0 Å². The highest BCUT2D eigenvalue weighted by atomic mass is 16.3. The zero-order chi connectivity index (χ0) is 16.2. The van der Waals surface area contributed by atoms with Gasteiger partial charge in [0.25, 0.3) is 0 Å². The lowest BCUT2D eigenvalue weighted by Crippen LogP contribution is -2.22. The van der Waals surface area contributed by atoms with E-state index < -0.39 is 0 Å². The van der Waals surface area contributed by atoms with Crippen LogP contribution in [0.3, 0.4) is 0 Å². The highest BCUT2D eigenvalue weighted by Gasteiger charge is 2.22. The van der Waals surface area contributed by atoms with Crippen molar-refractivity contribution in [3.8, 4) is 5.75 Å². The Hall–Kier alpha value is -1.51. The molecule has 0 fully saturated rings. The largest absolute Gasteiger partial charge is 0.507 e. The van der Waals surface area contributed by atoms with Gasteiger partial charge in [0.2, 0.25) is 0 Å². The average Bonchev–Trinajstić information content (AvgIpc) is 2.93. The smallest absolute Gasteiger partial charge is 0.122 e. The molecule has 0 amide bonds. The van der Waals surface area contributed by atoms with E-state index in [4.69, 9.17) is 0 Å². The van der Waals surface area contributed by atoms with E-state index in [9.17, 15) is 5.11 Å². The van der Waals surface area contributed by atoms with Crippen molar-refractivity contribution < 1.29 is 5.11 Å². The zero-order valence-electron chi connectivity index (χ0n) is 14.6. The van der Waals surface area contributed by atoms with E-state index in [0.29, 0.717) is 5.75 Å². The summed E-state index contributed by atoms with van der Waals surface area (Å²) in [5.74, 6) is 1.47. The second kappa shape index (κ2) is 6.97. The molecule has 0 bridgehead atoms. The predicted molar refractivity (Wildman–Crippen MR) is 91.6 cm³/mol. The Morgan fingerprint density at radius 2 is 1.86 bits per heavy atom. The van der Waals surface area contributed by atoms with Crippen molar-refractivity contribution in [3.05, 3.63) is 28.3 Å². The van der Waals surface area contributed by atoms with E-state index in [1.165, 1.54) is 11.1 Å². The second-order valence-electron chi connectivity index (χ2n) is 6.38. The van der Waals surface area contributed by atoms with Crippen LogP contribution < -0.4 is 5.32 Å². The first-order valence-corrected chi connectivity index (χ1v) is 7.90. The summed E-state index contributed by atoms with van der Waals surface area (Å²) < 4.78 is 0. The van der Waals surface area contributed by atoms with Gasteiger partial charge in [-0.25, -0.2) is 0 Å². The first-order valence-electron chi connectivity index (χ1n) is 7.90. The van der Waals surface area contributed by atoms with E-state index in [0.717, 1.165) is 36.5 Å². The van der Waals surface area contributed by atoms with Crippen molar-refractivity contribution in [2.45, 2.75) is 60.3 Å². The third-order valence-corrected chi connectivity index (χ3v) is 3.80. The van der Waals surface area contributed by atoms with Crippen LogP contribution in [0.2, 0.25) is 0 Å². The minimum absolute atomic E-state index is 0.0404. The Bertz CT molecular complexity index is 525. The Morgan fingerprint density at radius 3 is 2.33 bits per heavy atom. The van der Waals surface area contributed by atoms with E-state index in [1.54, 1.807) is 0 Å². The molecular weight excluding hydrogens is 260 g/mol. The van der Waals surface area contributed by atoms with E-state index in [2.05, 4.69) is 44.1 Å². The lowest BCUT2D eigenvalue weighted by molar-refractivity contribution is 0.442. The number of aromatic hydroxyl groups is 1. The molecule has 1 aromatic carbocycles. The van der Waals surface area contributed by atoms with Crippen molar-refractivity contribution in [1.29, 1.82) is 0 Å². The first-order chi connectivity index (χ1) is 9.80. The Kier molecular flexibility index (Phi) is 5.82. The van der Waals surface area contributed by atoms with Gasteiger partial charge in [-0.2, -0.15) is 0 Å². The average molecular weight is 290 g/mol. The number of rotatable bonds is 2. The molecule has 0 spiro atoms. The van der Waals surface area contributed by atoms with Crippen LogP contribution in [0, 0.1) is 13.8 Å². The number of phenols is 1. The highest BCUT2D eigenvalue weighted by molar-refractivity contribution is 5.86. The molecule has 118 valence electrons. The van der Waals surface area contributed by atoms with Gasteiger partial charge in [-0.3, -0.25) is 4.99 Å². The number of nitrogens with zero attached hydrogens (tertiary/aromatic N) is 1. The van der Waals surface area contributed by atoms with Gasteiger partial charge in [0, 0.05) is 13.0 Å². The Balaban J connectivity index is 0.00000106. The molecule has 1 aliphatic rings. The van der Waals surface area contributed by atoms with Gasteiger partial charge in [0.1, 0.15) is 11.6 Å². The van der Waals surface area contributed by atoms with E-state index in [-0.39, 0.29) is 5.41 Å². The molecule has 0 saturated carbocycles. The van der Waals surface area contributed by atoms with Crippen LogP contribution in [-0.2, 0) is 11.8 Å². The van der Waals surface area contributed by atoms with E-state index >= 15 is 0 Å². The van der Waals surface area contributed by atoms with Gasteiger partial charge < -0.3 is 10.4 Å². The van der Waals surface area contributed by atoms with Gasteiger partial charge >= 0.3 is 0 Å². The number of hydrogen-bond acceptors (Lipinski definition) is 3. The fourth-order valence-electron chi connectivity index (χ4n) is 2.59. The monoisotopic (exact) mass is 290 g/mol. The number of benzene rings is 1. The SMILES string of the molecule is CC.Cc1cc(C(C)(C)C)c(O)c(C)c1CC1=NCCN1. The number of aryl methyl sites for hydroxylation is 1. The summed E-state index contributed by atoms with van der Waals surface area (Å²) in [6.07, 6.45) is 0.787. The van der Waals surface area contributed by atoms with Gasteiger partial charge in [-0.05, 0) is 41.5 Å². The Labute approximate surface area is 129 Å². The lowest BCUT2D eigenvalue weighted by atomic mass is 9.82. The predicted octanol–water partition coefficient (Wildman–Crippen LogP) is 3.88. The minimum Gasteiger partial charge on any atom is -0.507 e. The molecule has 0 unspecified atom stereocenters. The zero-order valence-corrected chi connectivity index (χ0v) is 14.6. The molecule has 2 rings (SSSR count). The maximum absolute atomic E-state index is 10.5. The van der Waals surface area contributed by atoms with Crippen molar-refractivity contribution >= 4 is 5.84 Å². The molecule has 1 heterocycles. The fourth-order valence-corrected chi connectivity index (χ4v) is 2.59. The van der Waals surface area contributed by atoms with Crippen LogP contribution in [0.25, 0.3) is 0 Å². The molecule has 0 radical (unpaired) electrons. The molecule has 1 aliphatic heterocycles. The summed E-state index contributed by atoms with van der Waals surface area (Å²) in [6.45, 7) is 16.3. The molecule has 1 aromatic rings. The number of phenolic OH excluding ortho intramolecular Hbond substituents is 1. The van der Waals surface area contributed by atoms with Crippen molar-refractivity contribution in [2.24, 2.45) is 4.99 Å². The summed E-state index contributed by atoms with van der Waals surface area (Å²) in [4.78, 5) is 4.44. The number of amidine groups is 1. The van der Waals surface area contributed by atoms with E-state index in [1.807, 2.05) is 20.8 Å². The normalized spacial score (nSPS) is 14.1. The third-order valence-electron chi connectivity index (χ3n) is 3.80. The third kappa shape index (κ3) is 3.99. The van der Waals surface area contributed by atoms with Crippen LogP contribution in [0.15, 0.2) is 11.1 Å². The van der Waals surface area contributed by atoms with Crippen LogP contribution in [0.1, 0.15) is 56.9 Å². The van der Waals surface area contributed by atoms with Gasteiger partial charge in [0.15, 0.2) is 0 Å². The Morgan fingerprint density at radius 1 is 1.24 bits per heavy atom. The summed E-state index contributed by atoms with van der Waals surface area (Å²) in [5.41, 5.74) is 4.39. The standard InChI is InChI=1S/C16H24N2O.C2H6/c1-10-8-13(16(3,4)5)15(19)11(2)12(10)9-14-17-6-7-18-14;1-2/h8,19H,6-7,9H2,1-5H3,(H,17,18);1-2H3. The molecule has 0 aliphatic carbocycles. The highest BCUT2D eigenvalue weighted by Crippen LogP contribution is 2.36. The maximum Gasteiger partial charge on any atom is 0.122 e. The summed E-state index contributed by atoms with van der Waals surface area (Å²) >= 11 is 0. The minimum atomic E-state index is -0.0404. The van der Waals surface area contributed by atoms with Crippen molar-refractivity contribution in [2.75, 3.05) is 13.1 Å². The first kappa shape index (κ1) is 17.5. The van der Waals surface area contributed by atoms with Gasteiger partial charge in [0.05, 0.1) is 6.54 Å². The summed E-state index contributed by atoms with van der Waals surface area (Å²) in [7, 11) is 0. The van der Waals surface area contributed by atoms with Crippen LogP contribution in [0.5, 0.6) is 5.75 Å². The topological polar surface area (TPSA) is 44.6 Å². The number of hydrogen-bond donors (Lipinski definition) is 2. The van der Waals surface area contributed by atoms with Crippen LogP contribution >= 0.6 is 0 Å². The molecule has 3 nitrogen and oxygen atoms in total. The van der Waals surface area contributed by atoms with Gasteiger partial charge in [-0.1, -0.05) is 40.7 Å². The number of nitrogens with one attached hydrogen (secondary N) is 1. The molecule has 3 heteroatoms. The summed E-state index contributed by atoms with van der Waals surface area (Å²) in [5, 5.41) is 13.7. The molecular formula is C18H30N2O. The van der Waals surface area contributed by atoms with Crippen molar-refractivity contribution in [1.82, 2.24) is 5.32 Å². The second-order valence-corrected chi connectivity index (χ2v) is 6.38. The molecule has 0 aromatic heterocycles.